The SMILES string of the molecule is CC(C)[Si](C1=CN(C(=O)O[C@@H]2CCCC[C@H]2C(C)(C)c2ccccc2)[C@H](CC2CCCCC2)CC1=O)(C(C)C)C(C)C. The number of rotatable bonds is 9. The molecule has 4 rings (SSSR count). The Labute approximate surface area is 258 Å². The molecule has 0 unspecified atom stereocenters. The Morgan fingerprint density at radius 3 is 2.05 bits per heavy atom. The molecule has 0 radical (unpaired) electrons. The van der Waals surface area contributed by atoms with Gasteiger partial charge in [-0.2, -0.15) is 0 Å². The second-order valence-corrected chi connectivity index (χ2v) is 21.1. The standard InChI is InChI=1S/C37H59NO3Si/c1-26(2)42(27(3)4,28(5)6)35-25-38(31(24-33(35)39)23-29-17-11-9-12-18-29)36(40)41-34-22-16-15-21-32(34)37(7,8)30-19-13-10-14-20-30/h10,13-14,19-20,25-29,31-32,34H,9,11-12,15-18,21-24H2,1-8H3/t31-,32-,34-/m1/s1. The summed E-state index contributed by atoms with van der Waals surface area (Å²) in [7, 11) is -2.24. The molecular weight excluding hydrogens is 534 g/mol. The molecule has 1 aliphatic heterocycles. The van der Waals surface area contributed by atoms with Crippen LogP contribution in [-0.4, -0.2) is 37.0 Å². The lowest BCUT2D eigenvalue weighted by molar-refractivity contribution is -0.117. The summed E-state index contributed by atoms with van der Waals surface area (Å²) in [5.41, 5.74) is 2.45. The van der Waals surface area contributed by atoms with E-state index in [9.17, 15) is 9.59 Å². The first-order chi connectivity index (χ1) is 19.9. The second kappa shape index (κ2) is 13.8. The number of hydrogen-bond donors (Lipinski definition) is 0. The van der Waals surface area contributed by atoms with Crippen LogP contribution in [0.4, 0.5) is 4.79 Å². The number of Topliss-reactive ketones (excluding diaryl/α,β-unsaturated/α-hetero) is 1. The number of allylic oxidation sites excluding steroid dienone is 1. The highest BCUT2D eigenvalue weighted by Crippen LogP contribution is 2.49. The molecule has 1 heterocycles. The molecule has 2 fully saturated rings. The molecule has 0 spiro atoms. The van der Waals surface area contributed by atoms with E-state index in [0.717, 1.165) is 30.9 Å². The van der Waals surface area contributed by atoms with Crippen LogP contribution in [0.5, 0.6) is 0 Å². The maximum Gasteiger partial charge on any atom is 0.414 e. The lowest BCUT2D eigenvalue weighted by Gasteiger charge is -2.48. The third-order valence-corrected chi connectivity index (χ3v) is 18.7. The van der Waals surface area contributed by atoms with Gasteiger partial charge in [0.05, 0.1) is 0 Å². The predicted molar refractivity (Wildman–Crippen MR) is 177 cm³/mol. The Bertz CT molecular complexity index is 1060. The Kier molecular flexibility index (Phi) is 10.9. The molecule has 0 bridgehead atoms. The second-order valence-electron chi connectivity index (χ2n) is 15.3. The molecule has 5 heteroatoms. The quantitative estimate of drug-likeness (QED) is 0.268. The van der Waals surface area contributed by atoms with Gasteiger partial charge in [-0.3, -0.25) is 9.69 Å². The van der Waals surface area contributed by atoms with E-state index in [1.165, 1.54) is 44.1 Å². The van der Waals surface area contributed by atoms with Crippen molar-refractivity contribution in [2.45, 2.75) is 160 Å². The molecule has 0 saturated heterocycles. The Hall–Kier alpha value is -1.88. The normalized spacial score (nSPS) is 24.8. The summed E-state index contributed by atoms with van der Waals surface area (Å²) in [6.45, 7) is 18.4. The lowest BCUT2D eigenvalue weighted by atomic mass is 9.66. The van der Waals surface area contributed by atoms with Crippen LogP contribution in [-0.2, 0) is 14.9 Å². The number of nitrogens with zero attached hydrogens (tertiary/aromatic N) is 1. The van der Waals surface area contributed by atoms with Crippen molar-refractivity contribution in [2.24, 2.45) is 11.8 Å². The van der Waals surface area contributed by atoms with Crippen molar-refractivity contribution in [1.29, 1.82) is 0 Å². The molecule has 2 saturated carbocycles. The molecule has 0 aromatic heterocycles. The fourth-order valence-corrected chi connectivity index (χ4v) is 16.4. The number of carbonyl (C=O) groups is 2. The van der Waals surface area contributed by atoms with Crippen molar-refractivity contribution < 1.29 is 14.3 Å². The van der Waals surface area contributed by atoms with Gasteiger partial charge in [-0.25, -0.2) is 4.79 Å². The van der Waals surface area contributed by atoms with E-state index < -0.39 is 8.07 Å². The highest BCUT2D eigenvalue weighted by molar-refractivity contribution is 6.93. The van der Waals surface area contributed by atoms with Crippen LogP contribution < -0.4 is 0 Å². The summed E-state index contributed by atoms with van der Waals surface area (Å²) in [5.74, 6) is 1.15. The van der Waals surface area contributed by atoms with Crippen molar-refractivity contribution in [3.63, 3.8) is 0 Å². The number of benzene rings is 1. The van der Waals surface area contributed by atoms with Crippen molar-refractivity contribution in [3.8, 4) is 0 Å². The summed E-state index contributed by atoms with van der Waals surface area (Å²) < 4.78 is 6.59. The predicted octanol–water partition coefficient (Wildman–Crippen LogP) is 10.4. The van der Waals surface area contributed by atoms with Crippen molar-refractivity contribution in [3.05, 3.63) is 47.3 Å². The van der Waals surface area contributed by atoms with Crippen LogP contribution in [0.15, 0.2) is 41.7 Å². The van der Waals surface area contributed by atoms with Crippen molar-refractivity contribution in [2.75, 3.05) is 0 Å². The number of carbonyl (C=O) groups excluding carboxylic acids is 2. The molecular formula is C37H59NO3Si. The average molecular weight is 594 g/mol. The smallest absolute Gasteiger partial charge is 0.414 e. The summed E-state index contributed by atoms with van der Waals surface area (Å²) in [5, 5.41) is 0.976. The maximum absolute atomic E-state index is 14.4. The Balaban J connectivity index is 1.69. The highest BCUT2D eigenvalue weighted by Gasteiger charge is 2.51. The van der Waals surface area contributed by atoms with Crippen LogP contribution in [0, 0.1) is 11.8 Å². The molecule has 3 aliphatic rings. The van der Waals surface area contributed by atoms with E-state index in [1.54, 1.807) is 0 Å². The van der Waals surface area contributed by atoms with E-state index >= 15 is 0 Å². The van der Waals surface area contributed by atoms with Crippen LogP contribution in [0.1, 0.15) is 132 Å². The topological polar surface area (TPSA) is 46.6 Å². The molecule has 1 aromatic rings. The zero-order valence-electron chi connectivity index (χ0n) is 28.0. The third kappa shape index (κ3) is 6.61. The number of ketones is 1. The van der Waals surface area contributed by atoms with Crippen LogP contribution >= 0.6 is 0 Å². The van der Waals surface area contributed by atoms with Crippen molar-refractivity contribution in [1.82, 2.24) is 4.90 Å². The summed E-state index contributed by atoms with van der Waals surface area (Å²) in [6, 6.07) is 10.6. The maximum atomic E-state index is 14.4. The first-order valence-electron chi connectivity index (χ1n) is 17.2. The zero-order valence-corrected chi connectivity index (χ0v) is 29.0. The summed E-state index contributed by atoms with van der Waals surface area (Å²) in [4.78, 5) is 30.4. The van der Waals surface area contributed by atoms with E-state index in [4.69, 9.17) is 4.74 Å². The zero-order chi connectivity index (χ0) is 30.7. The Morgan fingerprint density at radius 2 is 1.45 bits per heavy atom. The average Bonchev–Trinajstić information content (AvgIpc) is 2.95. The molecule has 1 aromatic carbocycles. The highest BCUT2D eigenvalue weighted by atomic mass is 28.3. The van der Waals surface area contributed by atoms with Gasteiger partial charge in [0.2, 0.25) is 0 Å². The van der Waals surface area contributed by atoms with E-state index in [0.29, 0.717) is 34.7 Å². The van der Waals surface area contributed by atoms with Crippen molar-refractivity contribution >= 4 is 20.0 Å². The fourth-order valence-electron chi connectivity index (χ4n) is 9.57. The van der Waals surface area contributed by atoms with Crippen LogP contribution in [0.25, 0.3) is 0 Å². The van der Waals surface area contributed by atoms with Gasteiger partial charge in [0, 0.05) is 24.6 Å². The minimum Gasteiger partial charge on any atom is -0.446 e. The van der Waals surface area contributed by atoms with E-state index in [1.807, 2.05) is 11.1 Å². The molecule has 1 amide bonds. The summed E-state index contributed by atoms with van der Waals surface area (Å²) in [6.07, 6.45) is 13.5. The molecule has 0 N–H and O–H groups in total. The van der Waals surface area contributed by atoms with Gasteiger partial charge in [0.1, 0.15) is 14.2 Å². The van der Waals surface area contributed by atoms with Gasteiger partial charge in [0.15, 0.2) is 5.78 Å². The van der Waals surface area contributed by atoms with Gasteiger partial charge in [-0.1, -0.05) is 124 Å². The molecule has 42 heavy (non-hydrogen) atoms. The first-order valence-corrected chi connectivity index (χ1v) is 19.4. The van der Waals surface area contributed by atoms with Gasteiger partial charge in [-0.05, 0) is 64.4 Å². The largest absolute Gasteiger partial charge is 0.446 e. The van der Waals surface area contributed by atoms with Gasteiger partial charge >= 0.3 is 6.09 Å². The first kappa shape index (κ1) is 33.0. The monoisotopic (exact) mass is 593 g/mol. The lowest BCUT2D eigenvalue weighted by Crippen LogP contribution is -2.54. The molecule has 3 atom stereocenters. The number of amides is 1. The van der Waals surface area contributed by atoms with Gasteiger partial charge in [0.25, 0.3) is 0 Å². The summed E-state index contributed by atoms with van der Waals surface area (Å²) >= 11 is 0. The van der Waals surface area contributed by atoms with Crippen LogP contribution in [0.2, 0.25) is 16.6 Å². The molecule has 234 valence electrons. The molecule has 2 aliphatic carbocycles. The number of ether oxygens (including phenoxy) is 1. The van der Waals surface area contributed by atoms with E-state index in [2.05, 4.69) is 85.7 Å². The Morgan fingerprint density at radius 1 is 0.881 bits per heavy atom. The van der Waals surface area contributed by atoms with E-state index in [-0.39, 0.29) is 29.6 Å². The van der Waals surface area contributed by atoms with Gasteiger partial charge in [-0.15, -0.1) is 0 Å². The fraction of sp³-hybridized carbons (Fsp3) is 0.730. The van der Waals surface area contributed by atoms with Gasteiger partial charge < -0.3 is 4.74 Å². The molecule has 4 nitrogen and oxygen atoms in total. The van der Waals surface area contributed by atoms with Crippen LogP contribution in [0.3, 0.4) is 0 Å². The number of hydrogen-bond acceptors (Lipinski definition) is 3. The minimum absolute atomic E-state index is 0.0953. The third-order valence-electron chi connectivity index (χ3n) is 11.7. The minimum atomic E-state index is -2.24.